The first-order chi connectivity index (χ1) is 10.2. The lowest BCUT2D eigenvalue weighted by atomic mass is 10.1. The maximum atomic E-state index is 12.3. The van der Waals surface area contributed by atoms with E-state index in [2.05, 4.69) is 15.5 Å². The smallest absolute Gasteiger partial charge is 0.336 e. The van der Waals surface area contributed by atoms with E-state index < -0.39 is 11.9 Å². The van der Waals surface area contributed by atoms with Gasteiger partial charge in [-0.05, 0) is 24.3 Å². The van der Waals surface area contributed by atoms with E-state index in [1.807, 2.05) is 6.07 Å². The number of fused-ring (bicyclic) bond motifs is 1. The van der Waals surface area contributed by atoms with E-state index in [9.17, 15) is 9.59 Å². The zero-order valence-electron chi connectivity index (χ0n) is 10.8. The summed E-state index contributed by atoms with van der Waals surface area (Å²) in [6.45, 7) is 0. The number of carboxylic acid groups (broad SMARTS) is 1. The Kier molecular flexibility index (Phi) is 3.12. The van der Waals surface area contributed by atoms with E-state index in [1.165, 1.54) is 12.1 Å². The van der Waals surface area contributed by atoms with Crippen molar-refractivity contribution in [3.8, 4) is 0 Å². The van der Waals surface area contributed by atoms with Gasteiger partial charge in [0, 0.05) is 5.39 Å². The number of aromatic carboxylic acids is 1. The molecule has 0 saturated heterocycles. The van der Waals surface area contributed by atoms with Crippen molar-refractivity contribution in [2.75, 3.05) is 5.32 Å². The lowest BCUT2D eigenvalue weighted by Gasteiger charge is -2.08. The van der Waals surface area contributed by atoms with Crippen LogP contribution in [0.5, 0.6) is 0 Å². The maximum absolute atomic E-state index is 12.3. The monoisotopic (exact) mass is 281 g/mol. The highest BCUT2D eigenvalue weighted by Crippen LogP contribution is 2.22. The molecule has 0 radical (unpaired) electrons. The first-order valence-corrected chi connectivity index (χ1v) is 6.22. The molecule has 3 N–H and O–H groups in total. The van der Waals surface area contributed by atoms with Crippen LogP contribution in [-0.2, 0) is 0 Å². The molecule has 104 valence electrons. The number of H-pyrrole nitrogens is 1. The number of carboxylic acids is 1. The third kappa shape index (κ3) is 2.34. The van der Waals surface area contributed by atoms with Gasteiger partial charge in [-0.2, -0.15) is 5.10 Å². The first kappa shape index (κ1) is 12.9. The molecular weight excluding hydrogens is 270 g/mol. The second kappa shape index (κ2) is 5.09. The molecule has 6 heteroatoms. The number of hydrogen-bond acceptors (Lipinski definition) is 3. The summed E-state index contributed by atoms with van der Waals surface area (Å²) in [6.07, 6.45) is 1.61. The summed E-state index contributed by atoms with van der Waals surface area (Å²) in [6, 6.07) is 11.4. The number of rotatable bonds is 3. The van der Waals surface area contributed by atoms with Crippen molar-refractivity contribution in [1.29, 1.82) is 0 Å². The van der Waals surface area contributed by atoms with E-state index in [-0.39, 0.29) is 11.1 Å². The number of benzene rings is 2. The normalized spacial score (nSPS) is 10.5. The Hall–Kier alpha value is -3.15. The van der Waals surface area contributed by atoms with Crippen molar-refractivity contribution < 1.29 is 14.7 Å². The van der Waals surface area contributed by atoms with Gasteiger partial charge < -0.3 is 10.4 Å². The van der Waals surface area contributed by atoms with E-state index >= 15 is 0 Å². The van der Waals surface area contributed by atoms with Crippen molar-refractivity contribution in [2.45, 2.75) is 0 Å². The van der Waals surface area contributed by atoms with Gasteiger partial charge in [-0.1, -0.05) is 18.2 Å². The largest absolute Gasteiger partial charge is 0.478 e. The van der Waals surface area contributed by atoms with Gasteiger partial charge in [0.1, 0.15) is 0 Å². The fourth-order valence-electron chi connectivity index (χ4n) is 2.13. The van der Waals surface area contributed by atoms with Gasteiger partial charge in [0.15, 0.2) is 0 Å². The molecule has 2 aromatic carbocycles. The number of nitrogens with one attached hydrogen (secondary N) is 2. The van der Waals surface area contributed by atoms with Gasteiger partial charge in [-0.3, -0.25) is 9.89 Å². The Balaban J connectivity index is 1.97. The Morgan fingerprint density at radius 3 is 2.57 bits per heavy atom. The average Bonchev–Trinajstić information content (AvgIpc) is 2.96. The number of nitrogens with zero attached hydrogens (tertiary/aromatic N) is 1. The number of hydrogen-bond donors (Lipinski definition) is 3. The van der Waals surface area contributed by atoms with Crippen LogP contribution < -0.4 is 5.32 Å². The van der Waals surface area contributed by atoms with Crippen molar-refractivity contribution >= 4 is 28.5 Å². The summed E-state index contributed by atoms with van der Waals surface area (Å²) in [4.78, 5) is 23.5. The van der Waals surface area contributed by atoms with Gasteiger partial charge in [0.05, 0.1) is 28.5 Å². The van der Waals surface area contributed by atoms with Crippen LogP contribution in [0.4, 0.5) is 5.69 Å². The van der Waals surface area contributed by atoms with Crippen LogP contribution in [0.2, 0.25) is 0 Å². The summed E-state index contributed by atoms with van der Waals surface area (Å²) in [5, 5.41) is 19.3. The topological polar surface area (TPSA) is 95.1 Å². The van der Waals surface area contributed by atoms with Crippen LogP contribution >= 0.6 is 0 Å². The molecule has 0 unspecified atom stereocenters. The number of carbonyl (C=O) groups excluding carboxylic acids is 1. The molecule has 1 heterocycles. The predicted molar refractivity (Wildman–Crippen MR) is 77.4 cm³/mol. The zero-order chi connectivity index (χ0) is 14.8. The van der Waals surface area contributed by atoms with Gasteiger partial charge in [-0.15, -0.1) is 0 Å². The van der Waals surface area contributed by atoms with Crippen LogP contribution in [0.1, 0.15) is 20.7 Å². The highest BCUT2D eigenvalue weighted by Gasteiger charge is 2.16. The number of carbonyl (C=O) groups is 2. The molecule has 0 aliphatic carbocycles. The SMILES string of the molecule is O=C(O)c1ccccc1C(=O)Nc1cccc2[nH]ncc12. The molecule has 3 aromatic rings. The highest BCUT2D eigenvalue weighted by atomic mass is 16.4. The number of aromatic nitrogens is 2. The number of anilines is 1. The minimum Gasteiger partial charge on any atom is -0.478 e. The Bertz CT molecular complexity index is 839. The number of amides is 1. The first-order valence-electron chi connectivity index (χ1n) is 6.22. The molecule has 0 saturated carbocycles. The fraction of sp³-hybridized carbons (Fsp3) is 0. The van der Waals surface area contributed by atoms with Crippen molar-refractivity contribution in [1.82, 2.24) is 10.2 Å². The Morgan fingerprint density at radius 2 is 1.81 bits per heavy atom. The predicted octanol–water partition coefficient (Wildman–Crippen LogP) is 2.51. The molecule has 3 rings (SSSR count). The van der Waals surface area contributed by atoms with Crippen LogP contribution in [0, 0.1) is 0 Å². The van der Waals surface area contributed by atoms with Crippen molar-refractivity contribution in [2.24, 2.45) is 0 Å². The summed E-state index contributed by atoms with van der Waals surface area (Å²) in [5.74, 6) is -1.61. The molecule has 0 spiro atoms. The van der Waals surface area contributed by atoms with Crippen molar-refractivity contribution in [3.63, 3.8) is 0 Å². The zero-order valence-corrected chi connectivity index (χ0v) is 10.8. The van der Waals surface area contributed by atoms with E-state index in [1.54, 1.807) is 30.5 Å². The Morgan fingerprint density at radius 1 is 1.05 bits per heavy atom. The molecule has 0 atom stereocenters. The second-order valence-electron chi connectivity index (χ2n) is 4.44. The fourth-order valence-corrected chi connectivity index (χ4v) is 2.13. The highest BCUT2D eigenvalue weighted by molar-refractivity contribution is 6.13. The average molecular weight is 281 g/mol. The summed E-state index contributed by atoms with van der Waals surface area (Å²) in [5.41, 5.74) is 1.45. The molecule has 0 fully saturated rings. The lowest BCUT2D eigenvalue weighted by Crippen LogP contribution is -2.16. The van der Waals surface area contributed by atoms with E-state index in [4.69, 9.17) is 5.11 Å². The minimum absolute atomic E-state index is 0.0330. The standard InChI is InChI=1S/C15H11N3O3/c19-14(9-4-1-2-5-10(9)15(20)21)17-12-6-3-7-13-11(12)8-16-18-13/h1-8H,(H,16,18)(H,17,19)(H,20,21). The second-order valence-corrected chi connectivity index (χ2v) is 4.44. The molecule has 0 bridgehead atoms. The van der Waals surface area contributed by atoms with E-state index in [0.717, 1.165) is 10.9 Å². The third-order valence-corrected chi connectivity index (χ3v) is 3.14. The molecule has 21 heavy (non-hydrogen) atoms. The summed E-state index contributed by atoms with van der Waals surface area (Å²) >= 11 is 0. The lowest BCUT2D eigenvalue weighted by molar-refractivity contribution is 0.0692. The van der Waals surface area contributed by atoms with E-state index in [0.29, 0.717) is 5.69 Å². The summed E-state index contributed by atoms with van der Waals surface area (Å²) in [7, 11) is 0. The molecular formula is C15H11N3O3. The minimum atomic E-state index is -1.14. The third-order valence-electron chi connectivity index (χ3n) is 3.14. The molecule has 1 amide bonds. The van der Waals surface area contributed by atoms with Crippen LogP contribution in [0.15, 0.2) is 48.7 Å². The van der Waals surface area contributed by atoms with Gasteiger partial charge in [0.2, 0.25) is 0 Å². The van der Waals surface area contributed by atoms with Gasteiger partial charge in [0.25, 0.3) is 5.91 Å². The van der Waals surface area contributed by atoms with Crippen molar-refractivity contribution in [3.05, 3.63) is 59.8 Å². The molecule has 0 aliphatic heterocycles. The van der Waals surface area contributed by atoms with Crippen LogP contribution in [0.3, 0.4) is 0 Å². The van der Waals surface area contributed by atoms with Gasteiger partial charge in [-0.25, -0.2) is 4.79 Å². The van der Waals surface area contributed by atoms with Crippen LogP contribution in [0.25, 0.3) is 10.9 Å². The molecule has 6 nitrogen and oxygen atoms in total. The van der Waals surface area contributed by atoms with Crippen LogP contribution in [-0.4, -0.2) is 27.2 Å². The maximum Gasteiger partial charge on any atom is 0.336 e. The summed E-state index contributed by atoms with van der Waals surface area (Å²) < 4.78 is 0. The quantitative estimate of drug-likeness (QED) is 0.687. The number of aromatic amines is 1. The molecule has 1 aromatic heterocycles. The van der Waals surface area contributed by atoms with Gasteiger partial charge >= 0.3 is 5.97 Å². The Labute approximate surface area is 119 Å². The molecule has 0 aliphatic rings.